The van der Waals surface area contributed by atoms with Gasteiger partial charge in [-0.2, -0.15) is 0 Å². The lowest BCUT2D eigenvalue weighted by atomic mass is 10.1. The number of ether oxygens (including phenoxy) is 1. The summed E-state index contributed by atoms with van der Waals surface area (Å²) in [7, 11) is 1.33. The summed E-state index contributed by atoms with van der Waals surface area (Å²) in [6, 6.07) is 7.57. The Hall–Kier alpha value is -1.55. The van der Waals surface area contributed by atoms with Crippen LogP contribution in [-0.4, -0.2) is 19.8 Å². The molecular weight excluding hydrogens is 194 g/mol. The Morgan fingerprint density at radius 3 is 2.40 bits per heavy atom. The van der Waals surface area contributed by atoms with Crippen LogP contribution < -0.4 is 5.32 Å². The fourth-order valence-corrected chi connectivity index (χ4v) is 1.19. The Morgan fingerprint density at radius 1 is 1.27 bits per heavy atom. The van der Waals surface area contributed by atoms with Gasteiger partial charge in [0.15, 0.2) is 0 Å². The molecule has 1 amide bonds. The first kappa shape index (κ1) is 11.5. The molecule has 0 aliphatic rings. The summed E-state index contributed by atoms with van der Waals surface area (Å²) in [5, 5.41) is 12.9. The van der Waals surface area contributed by atoms with E-state index in [1.807, 2.05) is 24.3 Å². The molecule has 1 rings (SSSR count). The highest BCUT2D eigenvalue weighted by Crippen LogP contribution is 2.04. The van der Waals surface area contributed by atoms with E-state index in [-0.39, 0.29) is 6.61 Å². The van der Waals surface area contributed by atoms with E-state index in [4.69, 9.17) is 0 Å². The van der Waals surface area contributed by atoms with E-state index >= 15 is 0 Å². The zero-order valence-corrected chi connectivity index (χ0v) is 8.66. The summed E-state index contributed by atoms with van der Waals surface area (Å²) in [6.07, 6.45) is 0.101. The van der Waals surface area contributed by atoms with Gasteiger partial charge in [-0.25, -0.2) is 9.90 Å². The number of carbonyl (C=O) groups is 1. The quantitative estimate of drug-likeness (QED) is 0.815. The number of methoxy groups -OCH3 is 1. The van der Waals surface area contributed by atoms with Gasteiger partial charge >= 0.3 is 6.09 Å². The van der Waals surface area contributed by atoms with E-state index in [1.165, 1.54) is 7.11 Å². The number of hydrogen-bond donors (Lipinski definition) is 1. The minimum Gasteiger partial charge on any atom is -0.453 e. The lowest BCUT2D eigenvalue weighted by molar-refractivity contribution is 0.170. The number of amides is 1. The average molecular weight is 208 g/mol. The van der Waals surface area contributed by atoms with Gasteiger partial charge in [-0.3, -0.25) is 0 Å². The van der Waals surface area contributed by atoms with E-state index in [2.05, 4.69) is 10.1 Å². The number of carbonyl (C=O) groups excluding carboxylic acids is 1. The number of alkyl carbamates (subject to hydrolysis) is 1. The van der Waals surface area contributed by atoms with Crippen molar-refractivity contribution < 1.29 is 14.6 Å². The Kier molecular flexibility index (Phi) is 4.63. The van der Waals surface area contributed by atoms with Crippen LogP contribution in [0.5, 0.6) is 0 Å². The molecule has 0 aromatic heterocycles. The van der Waals surface area contributed by atoms with E-state index in [0.717, 1.165) is 11.1 Å². The van der Waals surface area contributed by atoms with Crippen molar-refractivity contribution in [2.45, 2.75) is 13.0 Å². The lowest BCUT2D eigenvalue weighted by Gasteiger charge is -2.04. The molecule has 1 aromatic carbocycles. The Balaban J connectivity index is 2.45. The van der Waals surface area contributed by atoms with Crippen LogP contribution in [0, 0.1) is 0 Å². The molecule has 0 fully saturated rings. The summed E-state index contributed by atoms with van der Waals surface area (Å²) in [4.78, 5) is 10.8. The van der Waals surface area contributed by atoms with E-state index in [0.29, 0.717) is 13.0 Å². The van der Waals surface area contributed by atoms with Crippen molar-refractivity contribution in [2.75, 3.05) is 13.7 Å². The minimum absolute atomic E-state index is 0.0975. The maximum atomic E-state index is 10.8. The highest BCUT2D eigenvalue weighted by atomic mass is 16.5. The zero-order valence-electron chi connectivity index (χ0n) is 8.66. The maximum absolute atomic E-state index is 10.8. The molecule has 0 spiro atoms. The van der Waals surface area contributed by atoms with Gasteiger partial charge in [-0.15, -0.1) is 0 Å². The van der Waals surface area contributed by atoms with Crippen molar-refractivity contribution in [3.05, 3.63) is 35.4 Å². The number of benzene rings is 1. The third-order valence-corrected chi connectivity index (χ3v) is 2.04. The van der Waals surface area contributed by atoms with Gasteiger partial charge < -0.3 is 10.1 Å². The fourth-order valence-electron chi connectivity index (χ4n) is 1.19. The molecule has 1 N–H and O–H groups in total. The molecule has 0 saturated carbocycles. The number of hydrogen-bond acceptors (Lipinski definition) is 2. The molecule has 0 aliphatic heterocycles. The van der Waals surface area contributed by atoms with Crippen LogP contribution in [0.4, 0.5) is 4.79 Å². The van der Waals surface area contributed by atoms with Crippen molar-refractivity contribution in [1.82, 2.24) is 5.32 Å². The predicted octanol–water partition coefficient (Wildman–Crippen LogP) is 1.52. The van der Waals surface area contributed by atoms with Crippen LogP contribution >= 0.6 is 0 Å². The predicted molar refractivity (Wildman–Crippen MR) is 54.9 cm³/mol. The van der Waals surface area contributed by atoms with Gasteiger partial charge in [0.05, 0.1) is 13.7 Å². The SMILES string of the molecule is COC(=O)NCc1ccc(CC[O])cc1. The third kappa shape index (κ3) is 3.99. The van der Waals surface area contributed by atoms with Crippen LogP contribution in [0.3, 0.4) is 0 Å². The van der Waals surface area contributed by atoms with Gasteiger partial charge in [-0.05, 0) is 17.5 Å². The van der Waals surface area contributed by atoms with Crippen molar-refractivity contribution in [1.29, 1.82) is 0 Å². The Bertz CT molecular complexity index is 308. The fraction of sp³-hybridized carbons (Fsp3) is 0.364. The van der Waals surface area contributed by atoms with Crippen molar-refractivity contribution in [3.63, 3.8) is 0 Å². The second-order valence-corrected chi connectivity index (χ2v) is 3.12. The van der Waals surface area contributed by atoms with Crippen LogP contribution in [0.1, 0.15) is 11.1 Å². The summed E-state index contributed by atoms with van der Waals surface area (Å²) in [6.45, 7) is 0.337. The summed E-state index contributed by atoms with van der Waals surface area (Å²) >= 11 is 0. The van der Waals surface area contributed by atoms with Crippen LogP contribution in [0.2, 0.25) is 0 Å². The molecule has 0 bridgehead atoms. The average Bonchev–Trinajstić information content (AvgIpc) is 2.28. The summed E-state index contributed by atoms with van der Waals surface area (Å²) in [5.74, 6) is 0. The van der Waals surface area contributed by atoms with Crippen LogP contribution in [0.15, 0.2) is 24.3 Å². The van der Waals surface area contributed by atoms with E-state index in [1.54, 1.807) is 0 Å². The normalized spacial score (nSPS) is 9.73. The first-order chi connectivity index (χ1) is 7.26. The molecule has 0 unspecified atom stereocenters. The molecule has 0 saturated heterocycles. The zero-order chi connectivity index (χ0) is 11.1. The van der Waals surface area contributed by atoms with E-state index in [9.17, 15) is 9.90 Å². The van der Waals surface area contributed by atoms with Crippen molar-refractivity contribution in [2.24, 2.45) is 0 Å². The molecule has 81 valence electrons. The van der Waals surface area contributed by atoms with Crippen LogP contribution in [0.25, 0.3) is 0 Å². The summed E-state index contributed by atoms with van der Waals surface area (Å²) in [5.41, 5.74) is 2.00. The Labute approximate surface area is 88.9 Å². The number of nitrogens with one attached hydrogen (secondary N) is 1. The molecule has 0 atom stereocenters. The Morgan fingerprint density at radius 2 is 1.87 bits per heavy atom. The highest BCUT2D eigenvalue weighted by molar-refractivity contribution is 5.66. The molecule has 15 heavy (non-hydrogen) atoms. The van der Waals surface area contributed by atoms with Gasteiger partial charge in [-0.1, -0.05) is 24.3 Å². The van der Waals surface area contributed by atoms with Crippen LogP contribution in [-0.2, 0) is 22.8 Å². The topological polar surface area (TPSA) is 58.2 Å². The third-order valence-electron chi connectivity index (χ3n) is 2.04. The lowest BCUT2D eigenvalue weighted by Crippen LogP contribution is -2.22. The van der Waals surface area contributed by atoms with E-state index < -0.39 is 6.09 Å². The largest absolute Gasteiger partial charge is 0.453 e. The summed E-state index contributed by atoms with van der Waals surface area (Å²) < 4.78 is 4.44. The first-order valence-corrected chi connectivity index (χ1v) is 4.74. The first-order valence-electron chi connectivity index (χ1n) is 4.74. The molecule has 1 radical (unpaired) electrons. The van der Waals surface area contributed by atoms with Gasteiger partial charge in [0.2, 0.25) is 0 Å². The van der Waals surface area contributed by atoms with Crippen molar-refractivity contribution in [3.8, 4) is 0 Å². The molecule has 4 nitrogen and oxygen atoms in total. The monoisotopic (exact) mass is 208 g/mol. The highest BCUT2D eigenvalue weighted by Gasteiger charge is 1.99. The molecule has 0 heterocycles. The molecule has 1 aromatic rings. The maximum Gasteiger partial charge on any atom is 0.407 e. The molecular formula is C11H14NO3. The van der Waals surface area contributed by atoms with Gasteiger partial charge in [0.1, 0.15) is 0 Å². The molecule has 0 aliphatic carbocycles. The standard InChI is InChI=1S/C11H14NO3/c1-15-11(14)12-8-10-4-2-9(3-5-10)6-7-13/h2-5H,6-8H2,1H3,(H,12,14). The second-order valence-electron chi connectivity index (χ2n) is 3.12. The van der Waals surface area contributed by atoms with Gasteiger partial charge in [0, 0.05) is 6.54 Å². The van der Waals surface area contributed by atoms with Gasteiger partial charge in [0.25, 0.3) is 0 Å². The minimum atomic E-state index is -0.446. The second kappa shape index (κ2) is 6.03. The molecule has 4 heteroatoms. The smallest absolute Gasteiger partial charge is 0.407 e. The number of rotatable bonds is 4. The van der Waals surface area contributed by atoms with Crippen molar-refractivity contribution >= 4 is 6.09 Å².